The molecule has 0 aliphatic carbocycles. The molecule has 2 aromatic rings. The summed E-state index contributed by atoms with van der Waals surface area (Å²) in [5.74, 6) is -1.11. The number of rotatable bonds is 5. The van der Waals surface area contributed by atoms with Crippen LogP contribution < -0.4 is 10.6 Å². The molecule has 0 heterocycles. The first-order chi connectivity index (χ1) is 10.5. The summed E-state index contributed by atoms with van der Waals surface area (Å²) in [6, 6.07) is 12.9. The Morgan fingerprint density at radius 2 is 1.59 bits per heavy atom. The Bertz CT molecular complexity index is 657. The molecule has 0 saturated carbocycles. The van der Waals surface area contributed by atoms with Gasteiger partial charge in [0, 0.05) is 16.7 Å². The van der Waals surface area contributed by atoms with Gasteiger partial charge in [0.25, 0.3) is 0 Å². The number of amides is 2. The van der Waals surface area contributed by atoms with Gasteiger partial charge in [0.2, 0.25) is 11.8 Å². The zero-order chi connectivity index (χ0) is 15.9. The molecule has 2 amide bonds. The molecule has 0 radical (unpaired) electrons. The predicted octanol–water partition coefficient (Wildman–Crippen LogP) is 3.23. The van der Waals surface area contributed by atoms with E-state index in [1.165, 1.54) is 12.1 Å². The lowest BCUT2D eigenvalue weighted by atomic mass is 10.2. The van der Waals surface area contributed by atoms with E-state index >= 15 is 0 Å². The first-order valence-corrected chi connectivity index (χ1v) is 7.39. The van der Waals surface area contributed by atoms with Crippen LogP contribution in [0.15, 0.2) is 53.0 Å². The Balaban J connectivity index is 1.77. The van der Waals surface area contributed by atoms with Crippen molar-refractivity contribution in [3.8, 4) is 0 Å². The van der Waals surface area contributed by atoms with E-state index < -0.39 is 0 Å². The fourth-order valence-corrected chi connectivity index (χ4v) is 2.01. The highest BCUT2D eigenvalue weighted by Gasteiger charge is 2.09. The van der Waals surface area contributed by atoms with Gasteiger partial charge in [-0.1, -0.05) is 28.1 Å². The van der Waals surface area contributed by atoms with E-state index in [4.69, 9.17) is 0 Å². The molecule has 0 saturated heterocycles. The van der Waals surface area contributed by atoms with Crippen LogP contribution >= 0.6 is 15.9 Å². The number of halogens is 2. The van der Waals surface area contributed by atoms with Crippen LogP contribution in [0.3, 0.4) is 0 Å². The van der Waals surface area contributed by atoms with Gasteiger partial charge < -0.3 is 10.6 Å². The molecular formula is C16H14BrFN2O2. The van der Waals surface area contributed by atoms with Gasteiger partial charge in [0.05, 0.1) is 0 Å². The number of carbonyl (C=O) groups is 2. The zero-order valence-electron chi connectivity index (χ0n) is 11.6. The lowest BCUT2D eigenvalue weighted by Crippen LogP contribution is -2.27. The summed E-state index contributed by atoms with van der Waals surface area (Å²) in [5.41, 5.74) is 1.39. The van der Waals surface area contributed by atoms with Crippen LogP contribution in [0, 0.1) is 5.82 Å². The summed E-state index contributed by atoms with van der Waals surface area (Å²) < 4.78 is 13.7. The normalized spacial score (nSPS) is 10.1. The Kier molecular flexibility index (Phi) is 5.66. The first-order valence-electron chi connectivity index (χ1n) is 6.59. The SMILES string of the molecule is O=C(CC(=O)Nc1ccc(Br)cc1)NCc1ccc(F)cc1. The monoisotopic (exact) mass is 364 g/mol. The lowest BCUT2D eigenvalue weighted by Gasteiger charge is -2.07. The van der Waals surface area contributed by atoms with Gasteiger partial charge in [-0.2, -0.15) is 0 Å². The Morgan fingerprint density at radius 1 is 0.955 bits per heavy atom. The second-order valence-electron chi connectivity index (χ2n) is 4.64. The summed E-state index contributed by atoms with van der Waals surface area (Å²) >= 11 is 3.30. The molecule has 0 bridgehead atoms. The van der Waals surface area contributed by atoms with Crippen molar-refractivity contribution in [3.05, 3.63) is 64.4 Å². The number of anilines is 1. The number of carbonyl (C=O) groups excluding carboxylic acids is 2. The molecular weight excluding hydrogens is 351 g/mol. The smallest absolute Gasteiger partial charge is 0.233 e. The molecule has 22 heavy (non-hydrogen) atoms. The van der Waals surface area contributed by atoms with Crippen LogP contribution in [0.25, 0.3) is 0 Å². The van der Waals surface area contributed by atoms with Gasteiger partial charge >= 0.3 is 0 Å². The van der Waals surface area contributed by atoms with Crippen LogP contribution in [0.1, 0.15) is 12.0 Å². The molecule has 2 rings (SSSR count). The van der Waals surface area contributed by atoms with Crippen molar-refractivity contribution < 1.29 is 14.0 Å². The third kappa shape index (κ3) is 5.29. The van der Waals surface area contributed by atoms with Crippen molar-refractivity contribution >= 4 is 33.4 Å². The van der Waals surface area contributed by atoms with Crippen LogP contribution in [-0.2, 0) is 16.1 Å². The average molecular weight is 365 g/mol. The van der Waals surface area contributed by atoms with E-state index in [9.17, 15) is 14.0 Å². The van der Waals surface area contributed by atoms with Crippen molar-refractivity contribution in [2.24, 2.45) is 0 Å². The van der Waals surface area contributed by atoms with Gasteiger partial charge in [-0.05, 0) is 42.0 Å². The highest BCUT2D eigenvalue weighted by molar-refractivity contribution is 9.10. The first kappa shape index (κ1) is 16.2. The second-order valence-corrected chi connectivity index (χ2v) is 5.55. The molecule has 0 fully saturated rings. The molecule has 0 spiro atoms. The molecule has 2 aromatic carbocycles. The second kappa shape index (κ2) is 7.70. The average Bonchev–Trinajstić information content (AvgIpc) is 2.49. The maximum atomic E-state index is 12.7. The standard InChI is InChI=1S/C16H14BrFN2O2/c17-12-3-7-14(8-4-12)20-16(22)9-15(21)19-10-11-1-5-13(18)6-2-11/h1-8H,9-10H2,(H,19,21)(H,20,22). The fourth-order valence-electron chi connectivity index (χ4n) is 1.75. The molecule has 6 heteroatoms. The van der Waals surface area contributed by atoms with Crippen LogP contribution in [0.4, 0.5) is 10.1 Å². The van der Waals surface area contributed by atoms with Crippen molar-refractivity contribution in [3.63, 3.8) is 0 Å². The third-order valence-electron chi connectivity index (χ3n) is 2.85. The van der Waals surface area contributed by atoms with Gasteiger partial charge in [-0.3, -0.25) is 9.59 Å². The molecule has 0 atom stereocenters. The highest BCUT2D eigenvalue weighted by Crippen LogP contribution is 2.14. The predicted molar refractivity (Wildman–Crippen MR) is 85.6 cm³/mol. The summed E-state index contributed by atoms with van der Waals surface area (Å²) in [6.45, 7) is 0.255. The van der Waals surface area contributed by atoms with Gasteiger partial charge in [0.15, 0.2) is 0 Å². The quantitative estimate of drug-likeness (QED) is 0.800. The molecule has 0 unspecified atom stereocenters. The lowest BCUT2D eigenvalue weighted by molar-refractivity contribution is -0.126. The number of benzene rings is 2. The number of nitrogens with one attached hydrogen (secondary N) is 2. The van der Waals surface area contributed by atoms with Gasteiger partial charge in [-0.25, -0.2) is 4.39 Å². The maximum Gasteiger partial charge on any atom is 0.233 e. The summed E-state index contributed by atoms with van der Waals surface area (Å²) in [4.78, 5) is 23.4. The van der Waals surface area contributed by atoms with Gasteiger partial charge in [0.1, 0.15) is 12.2 Å². The Morgan fingerprint density at radius 3 is 2.23 bits per heavy atom. The van der Waals surface area contributed by atoms with Crippen molar-refractivity contribution in [2.75, 3.05) is 5.32 Å². The molecule has 2 N–H and O–H groups in total. The van der Waals surface area contributed by atoms with Gasteiger partial charge in [-0.15, -0.1) is 0 Å². The van der Waals surface area contributed by atoms with E-state index in [2.05, 4.69) is 26.6 Å². The number of hydrogen-bond donors (Lipinski definition) is 2. The molecule has 0 aromatic heterocycles. The summed E-state index contributed by atoms with van der Waals surface area (Å²) in [7, 11) is 0. The topological polar surface area (TPSA) is 58.2 Å². The minimum absolute atomic E-state index is 0.255. The van der Waals surface area contributed by atoms with Crippen LogP contribution in [0.5, 0.6) is 0 Å². The number of hydrogen-bond acceptors (Lipinski definition) is 2. The third-order valence-corrected chi connectivity index (χ3v) is 3.38. The Hall–Kier alpha value is -2.21. The largest absolute Gasteiger partial charge is 0.352 e. The van der Waals surface area contributed by atoms with E-state index in [1.54, 1.807) is 36.4 Å². The molecule has 4 nitrogen and oxygen atoms in total. The highest BCUT2D eigenvalue weighted by atomic mass is 79.9. The van der Waals surface area contributed by atoms with E-state index in [0.717, 1.165) is 10.0 Å². The Labute approximate surface area is 135 Å². The summed E-state index contributed by atoms with van der Waals surface area (Å²) in [5, 5.41) is 5.25. The van der Waals surface area contributed by atoms with Crippen molar-refractivity contribution in [2.45, 2.75) is 13.0 Å². The van der Waals surface area contributed by atoms with E-state index in [-0.39, 0.29) is 30.6 Å². The molecule has 0 aliphatic rings. The van der Waals surface area contributed by atoms with E-state index in [1.807, 2.05) is 0 Å². The zero-order valence-corrected chi connectivity index (χ0v) is 13.2. The van der Waals surface area contributed by atoms with E-state index in [0.29, 0.717) is 5.69 Å². The molecule has 0 aliphatic heterocycles. The van der Waals surface area contributed by atoms with Crippen LogP contribution in [0.2, 0.25) is 0 Å². The van der Waals surface area contributed by atoms with Crippen molar-refractivity contribution in [1.29, 1.82) is 0 Å². The minimum Gasteiger partial charge on any atom is -0.352 e. The maximum absolute atomic E-state index is 12.7. The molecule has 114 valence electrons. The fraction of sp³-hybridized carbons (Fsp3) is 0.125. The summed E-state index contributed by atoms with van der Waals surface area (Å²) in [6.07, 6.45) is -0.267. The van der Waals surface area contributed by atoms with Crippen molar-refractivity contribution in [1.82, 2.24) is 5.32 Å². The minimum atomic E-state index is -0.390. The van der Waals surface area contributed by atoms with Crippen LogP contribution in [-0.4, -0.2) is 11.8 Å².